The molecule has 106 valence electrons. The van der Waals surface area contributed by atoms with Crippen molar-refractivity contribution in [1.29, 1.82) is 0 Å². The number of hydrazine groups is 1. The molecule has 2 aromatic rings. The Morgan fingerprint density at radius 3 is 3.00 bits per heavy atom. The SMILES string of the molecule is NNc1snnc1CSc1ccc2c(c1)OCCCO2. The number of thioether (sulfide) groups is 1. The summed E-state index contributed by atoms with van der Waals surface area (Å²) in [6.07, 6.45) is 0.910. The molecule has 1 aliphatic heterocycles. The topological polar surface area (TPSA) is 82.3 Å². The number of hydrogen-bond acceptors (Lipinski definition) is 8. The smallest absolute Gasteiger partial charge is 0.162 e. The number of hydrogen-bond donors (Lipinski definition) is 2. The van der Waals surface area contributed by atoms with Crippen molar-refractivity contribution in [3.63, 3.8) is 0 Å². The molecule has 0 radical (unpaired) electrons. The third-order valence-corrected chi connectivity index (χ3v) is 4.49. The van der Waals surface area contributed by atoms with Gasteiger partial charge in [-0.05, 0) is 18.2 Å². The zero-order valence-corrected chi connectivity index (χ0v) is 12.3. The summed E-state index contributed by atoms with van der Waals surface area (Å²) in [6, 6.07) is 5.97. The number of ether oxygens (including phenoxy) is 2. The van der Waals surface area contributed by atoms with Crippen molar-refractivity contribution < 1.29 is 9.47 Å². The van der Waals surface area contributed by atoms with Gasteiger partial charge in [0, 0.05) is 28.6 Å². The summed E-state index contributed by atoms with van der Waals surface area (Å²) in [5, 5.41) is 4.85. The van der Waals surface area contributed by atoms with Gasteiger partial charge in [0.2, 0.25) is 0 Å². The second-order valence-electron chi connectivity index (χ2n) is 4.14. The van der Waals surface area contributed by atoms with E-state index in [4.69, 9.17) is 15.3 Å². The van der Waals surface area contributed by atoms with Crippen molar-refractivity contribution >= 4 is 28.3 Å². The molecule has 1 aliphatic rings. The van der Waals surface area contributed by atoms with Crippen molar-refractivity contribution in [2.75, 3.05) is 18.6 Å². The van der Waals surface area contributed by atoms with E-state index in [-0.39, 0.29) is 0 Å². The number of nitrogen functional groups attached to an aromatic ring is 1. The predicted octanol–water partition coefficient (Wildman–Crippen LogP) is 2.28. The standard InChI is InChI=1S/C12H14N4O2S2/c13-14-12-9(15-16-20-12)7-19-8-2-3-10-11(6-8)18-5-1-4-17-10/h2-3,6,14H,1,4-5,7,13H2. The van der Waals surface area contributed by atoms with Crippen LogP contribution in [0.3, 0.4) is 0 Å². The van der Waals surface area contributed by atoms with Crippen LogP contribution in [0.1, 0.15) is 12.1 Å². The maximum Gasteiger partial charge on any atom is 0.162 e. The van der Waals surface area contributed by atoms with Crippen LogP contribution in [-0.2, 0) is 5.75 Å². The summed E-state index contributed by atoms with van der Waals surface area (Å²) in [5.41, 5.74) is 3.46. The molecular formula is C12H14N4O2S2. The number of anilines is 1. The fourth-order valence-electron chi connectivity index (χ4n) is 1.80. The Morgan fingerprint density at radius 1 is 1.30 bits per heavy atom. The van der Waals surface area contributed by atoms with E-state index in [1.165, 1.54) is 11.5 Å². The lowest BCUT2D eigenvalue weighted by Crippen LogP contribution is -2.06. The van der Waals surface area contributed by atoms with Gasteiger partial charge in [-0.3, -0.25) is 0 Å². The van der Waals surface area contributed by atoms with Crippen molar-refractivity contribution in [3.8, 4) is 11.5 Å². The highest BCUT2D eigenvalue weighted by atomic mass is 32.2. The minimum Gasteiger partial charge on any atom is -0.490 e. The molecule has 1 aromatic heterocycles. The van der Waals surface area contributed by atoms with E-state index < -0.39 is 0 Å². The van der Waals surface area contributed by atoms with Gasteiger partial charge in [0.1, 0.15) is 10.7 Å². The van der Waals surface area contributed by atoms with Crippen LogP contribution < -0.4 is 20.7 Å². The molecule has 20 heavy (non-hydrogen) atoms. The average molecular weight is 310 g/mol. The first-order valence-corrected chi connectivity index (χ1v) is 7.93. The van der Waals surface area contributed by atoms with Crippen molar-refractivity contribution in [3.05, 3.63) is 23.9 Å². The van der Waals surface area contributed by atoms with Crippen LogP contribution in [0.5, 0.6) is 11.5 Å². The maximum absolute atomic E-state index is 5.67. The molecule has 0 spiro atoms. The Hall–Kier alpha value is -1.51. The molecule has 3 N–H and O–H groups in total. The molecule has 0 bridgehead atoms. The molecule has 2 heterocycles. The minimum atomic E-state index is 0.693. The van der Waals surface area contributed by atoms with Gasteiger partial charge in [0.05, 0.1) is 13.2 Å². The maximum atomic E-state index is 5.67. The van der Waals surface area contributed by atoms with Crippen LogP contribution in [0.15, 0.2) is 23.1 Å². The fourth-order valence-corrected chi connectivity index (χ4v) is 3.24. The van der Waals surface area contributed by atoms with Crippen LogP contribution in [0.2, 0.25) is 0 Å². The van der Waals surface area contributed by atoms with Crippen LogP contribution in [0.25, 0.3) is 0 Å². The summed E-state index contributed by atoms with van der Waals surface area (Å²) < 4.78 is 15.2. The average Bonchev–Trinajstić information content (AvgIpc) is 2.81. The van der Waals surface area contributed by atoms with Gasteiger partial charge in [0.15, 0.2) is 11.5 Å². The van der Waals surface area contributed by atoms with Crippen LogP contribution >= 0.6 is 23.3 Å². The molecule has 8 heteroatoms. The minimum absolute atomic E-state index is 0.693. The van der Waals surface area contributed by atoms with E-state index in [2.05, 4.69) is 15.0 Å². The summed E-state index contributed by atoms with van der Waals surface area (Å²) in [4.78, 5) is 1.10. The van der Waals surface area contributed by atoms with Crippen LogP contribution in [-0.4, -0.2) is 22.8 Å². The third-order valence-electron chi connectivity index (χ3n) is 2.78. The van der Waals surface area contributed by atoms with Gasteiger partial charge in [-0.2, -0.15) is 0 Å². The van der Waals surface area contributed by atoms with E-state index in [0.29, 0.717) is 19.0 Å². The van der Waals surface area contributed by atoms with Crippen LogP contribution in [0, 0.1) is 0 Å². The number of fused-ring (bicyclic) bond motifs is 1. The van der Waals surface area contributed by atoms with Gasteiger partial charge in [-0.1, -0.05) is 4.49 Å². The van der Waals surface area contributed by atoms with Gasteiger partial charge >= 0.3 is 0 Å². The number of nitrogens with two attached hydrogens (primary N) is 1. The van der Waals surface area contributed by atoms with Crippen molar-refractivity contribution in [2.24, 2.45) is 5.84 Å². The Bertz CT molecular complexity index is 591. The second kappa shape index (κ2) is 6.29. The van der Waals surface area contributed by atoms with Crippen LogP contribution in [0.4, 0.5) is 5.00 Å². The van der Waals surface area contributed by atoms with Gasteiger partial charge in [0.25, 0.3) is 0 Å². The van der Waals surface area contributed by atoms with Gasteiger partial charge < -0.3 is 14.9 Å². The quantitative estimate of drug-likeness (QED) is 0.509. The predicted molar refractivity (Wildman–Crippen MR) is 79.3 cm³/mol. The highest BCUT2D eigenvalue weighted by Crippen LogP contribution is 2.35. The number of rotatable bonds is 4. The number of benzene rings is 1. The molecule has 0 amide bonds. The zero-order valence-electron chi connectivity index (χ0n) is 10.7. The molecule has 0 saturated carbocycles. The summed E-state index contributed by atoms with van der Waals surface area (Å²) in [6.45, 7) is 1.40. The first-order valence-electron chi connectivity index (χ1n) is 6.17. The van der Waals surface area contributed by atoms with E-state index in [0.717, 1.165) is 33.5 Å². The number of nitrogens with zero attached hydrogens (tertiary/aromatic N) is 2. The highest BCUT2D eigenvalue weighted by molar-refractivity contribution is 7.98. The Balaban J connectivity index is 1.70. The molecule has 0 atom stereocenters. The third kappa shape index (κ3) is 2.97. The van der Waals surface area contributed by atoms with E-state index in [1.54, 1.807) is 11.8 Å². The van der Waals surface area contributed by atoms with Gasteiger partial charge in [-0.15, -0.1) is 16.9 Å². The molecule has 1 aromatic carbocycles. The summed E-state index contributed by atoms with van der Waals surface area (Å²) >= 11 is 2.92. The molecule has 6 nitrogen and oxygen atoms in total. The number of nitrogens with one attached hydrogen (secondary N) is 1. The first kappa shape index (κ1) is 13.5. The summed E-state index contributed by atoms with van der Waals surface area (Å²) in [7, 11) is 0. The van der Waals surface area contributed by atoms with Crippen molar-refractivity contribution in [1.82, 2.24) is 9.59 Å². The second-order valence-corrected chi connectivity index (χ2v) is 5.94. The zero-order chi connectivity index (χ0) is 13.8. The fraction of sp³-hybridized carbons (Fsp3) is 0.333. The van der Waals surface area contributed by atoms with E-state index in [9.17, 15) is 0 Å². The van der Waals surface area contributed by atoms with Gasteiger partial charge in [-0.25, -0.2) is 5.84 Å². The number of aromatic nitrogens is 2. The molecule has 3 rings (SSSR count). The lowest BCUT2D eigenvalue weighted by Gasteiger charge is -2.08. The van der Waals surface area contributed by atoms with Crippen molar-refractivity contribution in [2.45, 2.75) is 17.1 Å². The summed E-state index contributed by atoms with van der Waals surface area (Å²) in [5.74, 6) is 7.73. The largest absolute Gasteiger partial charge is 0.490 e. The van der Waals surface area contributed by atoms with E-state index >= 15 is 0 Å². The van der Waals surface area contributed by atoms with E-state index in [1.807, 2.05) is 18.2 Å². The molecule has 0 unspecified atom stereocenters. The lowest BCUT2D eigenvalue weighted by atomic mass is 10.3. The monoisotopic (exact) mass is 310 g/mol. The Labute approximate surface area is 124 Å². The Morgan fingerprint density at radius 2 is 2.15 bits per heavy atom. The molecular weight excluding hydrogens is 296 g/mol. The highest BCUT2D eigenvalue weighted by Gasteiger charge is 2.12. The normalized spacial score (nSPS) is 13.8. The lowest BCUT2D eigenvalue weighted by molar-refractivity contribution is 0.297. The molecule has 0 saturated heterocycles. The molecule has 0 aliphatic carbocycles. The molecule has 0 fully saturated rings. The first-order chi connectivity index (χ1) is 9.86. The Kier molecular flexibility index (Phi) is 4.24.